The van der Waals surface area contributed by atoms with E-state index in [1.54, 1.807) is 6.07 Å². The van der Waals surface area contributed by atoms with Crippen molar-refractivity contribution >= 4 is 15.5 Å². The second-order valence-electron chi connectivity index (χ2n) is 4.94. The Morgan fingerprint density at radius 1 is 1.44 bits per heavy atom. The maximum Gasteiger partial charge on any atom is 0.182 e. The average molecular weight is 268 g/mol. The first-order chi connectivity index (χ1) is 8.45. The third-order valence-electron chi connectivity index (χ3n) is 3.36. The van der Waals surface area contributed by atoms with E-state index < -0.39 is 9.84 Å². The Morgan fingerprint density at radius 2 is 2.17 bits per heavy atom. The molecular weight excluding hydrogens is 248 g/mol. The van der Waals surface area contributed by atoms with Gasteiger partial charge in [-0.25, -0.2) is 8.42 Å². The van der Waals surface area contributed by atoms with Crippen LogP contribution in [0.25, 0.3) is 0 Å². The molecule has 1 heterocycles. The first kappa shape index (κ1) is 13.4. The second kappa shape index (κ2) is 4.90. The fourth-order valence-corrected chi connectivity index (χ4v) is 4.31. The molecule has 2 N–H and O–H groups in total. The van der Waals surface area contributed by atoms with Crippen LogP contribution in [0.3, 0.4) is 0 Å². The number of anilines is 1. The summed E-state index contributed by atoms with van der Waals surface area (Å²) in [5, 5.41) is 0. The maximum absolute atomic E-state index is 12.2. The van der Waals surface area contributed by atoms with Crippen LogP contribution >= 0.6 is 0 Å². The number of hydrogen-bond donors (Lipinski definition) is 1. The first-order valence-corrected chi connectivity index (χ1v) is 7.91. The zero-order valence-electron chi connectivity index (χ0n) is 10.9. The molecular formula is C13H20N2O2S. The Hall–Kier alpha value is -1.07. The summed E-state index contributed by atoms with van der Waals surface area (Å²) in [5.41, 5.74) is 7.35. The minimum absolute atomic E-state index is 0.0109. The molecule has 1 aromatic rings. The van der Waals surface area contributed by atoms with E-state index in [0.717, 1.165) is 24.2 Å². The van der Waals surface area contributed by atoms with E-state index in [0.29, 0.717) is 11.4 Å². The van der Waals surface area contributed by atoms with Crippen LogP contribution in [-0.4, -0.2) is 33.3 Å². The van der Waals surface area contributed by atoms with E-state index in [1.807, 2.05) is 26.0 Å². The molecule has 5 heteroatoms. The zero-order chi connectivity index (χ0) is 13.3. The molecule has 0 saturated heterocycles. The van der Waals surface area contributed by atoms with Crippen molar-refractivity contribution in [1.82, 2.24) is 0 Å². The number of hydrogen-bond acceptors (Lipinski definition) is 4. The van der Waals surface area contributed by atoms with Gasteiger partial charge in [-0.2, -0.15) is 0 Å². The van der Waals surface area contributed by atoms with Crippen molar-refractivity contribution in [3.8, 4) is 0 Å². The molecule has 0 radical (unpaired) electrons. The molecule has 1 aromatic carbocycles. The van der Waals surface area contributed by atoms with E-state index in [2.05, 4.69) is 4.90 Å². The highest BCUT2D eigenvalue weighted by atomic mass is 32.2. The monoisotopic (exact) mass is 268 g/mol. The lowest BCUT2D eigenvalue weighted by atomic mass is 10.1. The fraction of sp³-hybridized carbons (Fsp3) is 0.538. The molecule has 2 rings (SSSR count). The smallest absolute Gasteiger partial charge is 0.182 e. The minimum Gasteiger partial charge on any atom is -0.367 e. The molecule has 0 spiro atoms. The summed E-state index contributed by atoms with van der Waals surface area (Å²) in [7, 11) is -3.14. The predicted molar refractivity (Wildman–Crippen MR) is 73.7 cm³/mol. The number of aryl methyl sites for hydroxylation is 1. The van der Waals surface area contributed by atoms with Gasteiger partial charge in [0.2, 0.25) is 0 Å². The van der Waals surface area contributed by atoms with Gasteiger partial charge in [-0.15, -0.1) is 0 Å². The lowest BCUT2D eigenvalue weighted by Crippen LogP contribution is -2.43. The zero-order valence-corrected chi connectivity index (χ0v) is 11.7. The lowest BCUT2D eigenvalue weighted by Gasteiger charge is -2.36. The topological polar surface area (TPSA) is 63.4 Å². The van der Waals surface area contributed by atoms with Gasteiger partial charge in [0.1, 0.15) is 0 Å². The first-order valence-electron chi connectivity index (χ1n) is 6.26. The summed E-state index contributed by atoms with van der Waals surface area (Å²) >= 11 is 0. The quantitative estimate of drug-likeness (QED) is 0.898. The number of benzene rings is 1. The molecule has 0 saturated carbocycles. The van der Waals surface area contributed by atoms with Crippen LogP contribution in [0.5, 0.6) is 0 Å². The van der Waals surface area contributed by atoms with Crippen LogP contribution in [0, 0.1) is 6.92 Å². The van der Waals surface area contributed by atoms with Gasteiger partial charge in [0.05, 0.1) is 16.3 Å². The third-order valence-corrected chi connectivity index (χ3v) is 5.27. The molecule has 0 bridgehead atoms. The van der Waals surface area contributed by atoms with Crippen LogP contribution in [0.2, 0.25) is 0 Å². The molecule has 0 fully saturated rings. The van der Waals surface area contributed by atoms with Gasteiger partial charge in [0.25, 0.3) is 0 Å². The number of nitrogens with zero attached hydrogens (tertiary/aromatic N) is 1. The lowest BCUT2D eigenvalue weighted by molar-refractivity contribution is 0.568. The molecule has 100 valence electrons. The molecule has 0 aromatic heterocycles. The van der Waals surface area contributed by atoms with Crippen molar-refractivity contribution in [1.29, 1.82) is 0 Å². The van der Waals surface area contributed by atoms with E-state index in [4.69, 9.17) is 5.73 Å². The van der Waals surface area contributed by atoms with E-state index in [9.17, 15) is 8.42 Å². The Kier molecular flexibility index (Phi) is 3.64. The van der Waals surface area contributed by atoms with E-state index in [1.165, 1.54) is 0 Å². The van der Waals surface area contributed by atoms with E-state index >= 15 is 0 Å². The summed E-state index contributed by atoms with van der Waals surface area (Å²) in [4.78, 5) is 2.63. The molecule has 18 heavy (non-hydrogen) atoms. The van der Waals surface area contributed by atoms with Crippen molar-refractivity contribution in [2.75, 3.05) is 23.7 Å². The summed E-state index contributed by atoms with van der Waals surface area (Å²) in [6.45, 7) is 5.30. The Balaban J connectivity index is 2.48. The van der Waals surface area contributed by atoms with Crippen LogP contribution in [-0.2, 0) is 9.84 Å². The highest BCUT2D eigenvalue weighted by molar-refractivity contribution is 7.91. The largest absolute Gasteiger partial charge is 0.367 e. The molecule has 0 amide bonds. The Labute approximate surface area is 109 Å². The van der Waals surface area contributed by atoms with Gasteiger partial charge in [0, 0.05) is 12.6 Å². The van der Waals surface area contributed by atoms with Gasteiger partial charge < -0.3 is 10.6 Å². The summed E-state index contributed by atoms with van der Waals surface area (Å²) in [6.07, 6.45) is 0.873. The van der Waals surface area contributed by atoms with Gasteiger partial charge in [-0.1, -0.05) is 6.07 Å². The highest BCUT2D eigenvalue weighted by Gasteiger charge is 2.32. The summed E-state index contributed by atoms with van der Waals surface area (Å²) in [5.74, 6) is 0.189. The normalized spacial score (nSPS) is 21.7. The van der Waals surface area contributed by atoms with E-state index in [-0.39, 0.29) is 11.8 Å². The van der Waals surface area contributed by atoms with Crippen molar-refractivity contribution < 1.29 is 8.42 Å². The number of fused-ring (bicyclic) bond motifs is 1. The summed E-state index contributed by atoms with van der Waals surface area (Å²) < 4.78 is 24.4. The van der Waals surface area contributed by atoms with Crippen LogP contribution < -0.4 is 10.6 Å². The SMILES string of the molecule is Cc1ccc2c(c1)S(=O)(=O)CC(C)N2CCCN. The highest BCUT2D eigenvalue weighted by Crippen LogP contribution is 2.34. The fourth-order valence-electron chi connectivity index (χ4n) is 2.44. The molecule has 0 aliphatic carbocycles. The van der Waals surface area contributed by atoms with Gasteiger partial charge >= 0.3 is 0 Å². The number of sulfone groups is 1. The Morgan fingerprint density at radius 3 is 2.83 bits per heavy atom. The van der Waals surface area contributed by atoms with Gasteiger partial charge in [-0.05, 0) is 44.5 Å². The van der Waals surface area contributed by atoms with Crippen LogP contribution in [0.15, 0.2) is 23.1 Å². The van der Waals surface area contributed by atoms with Crippen molar-refractivity contribution in [3.63, 3.8) is 0 Å². The maximum atomic E-state index is 12.2. The average Bonchev–Trinajstić information content (AvgIpc) is 2.29. The molecule has 1 unspecified atom stereocenters. The third kappa shape index (κ3) is 2.37. The Bertz CT molecular complexity index is 540. The van der Waals surface area contributed by atoms with Crippen molar-refractivity contribution in [2.45, 2.75) is 31.2 Å². The minimum atomic E-state index is -3.14. The van der Waals surface area contributed by atoms with Crippen molar-refractivity contribution in [2.24, 2.45) is 5.73 Å². The summed E-state index contributed by atoms with van der Waals surface area (Å²) in [6, 6.07) is 5.65. The van der Waals surface area contributed by atoms with Crippen molar-refractivity contribution in [3.05, 3.63) is 23.8 Å². The predicted octanol–water partition coefficient (Wildman–Crippen LogP) is 1.33. The molecule has 4 nitrogen and oxygen atoms in total. The van der Waals surface area contributed by atoms with Crippen LogP contribution in [0.4, 0.5) is 5.69 Å². The second-order valence-corrected chi connectivity index (χ2v) is 6.94. The van der Waals surface area contributed by atoms with Gasteiger partial charge in [-0.3, -0.25) is 0 Å². The molecule has 1 atom stereocenters. The van der Waals surface area contributed by atoms with Gasteiger partial charge in [0.15, 0.2) is 9.84 Å². The van der Waals surface area contributed by atoms with Crippen LogP contribution in [0.1, 0.15) is 18.9 Å². The molecule has 1 aliphatic heterocycles. The number of rotatable bonds is 3. The number of nitrogens with two attached hydrogens (primary N) is 1. The molecule has 1 aliphatic rings. The standard InChI is InChI=1S/C13H20N2O2S/c1-10-4-5-12-13(8-10)18(16,17)9-11(2)15(12)7-3-6-14/h4-5,8,11H,3,6-7,9,14H2,1-2H3.